The zero-order chi connectivity index (χ0) is 28.2. The maximum atomic E-state index is 6.09. The molecule has 1 fully saturated rings. The molecule has 0 aromatic heterocycles. The van der Waals surface area contributed by atoms with Gasteiger partial charge in [-0.05, 0) is 0 Å². The van der Waals surface area contributed by atoms with E-state index in [9.17, 15) is 0 Å². The van der Waals surface area contributed by atoms with Crippen LogP contribution in [0.25, 0.3) is 0 Å². The molecule has 206 valence electrons. The summed E-state index contributed by atoms with van der Waals surface area (Å²) >= 11 is 0. The molecule has 0 atom stereocenters. The Kier molecular flexibility index (Phi) is 7.65. The molecular weight excluding hydrogens is 551 g/mol. The van der Waals surface area contributed by atoms with Crippen LogP contribution in [0.1, 0.15) is 0 Å². The number of rotatable bonds is 7. The van der Waals surface area contributed by atoms with Crippen molar-refractivity contribution in [2.45, 2.75) is 58.9 Å². The predicted octanol–water partition coefficient (Wildman–Crippen LogP) is 7.98. The Bertz CT molecular complexity index is 1200. The summed E-state index contributed by atoms with van der Waals surface area (Å²) in [5.41, 5.74) is 0. The normalized spacial score (nSPS) is 23.3. The van der Waals surface area contributed by atoms with Crippen molar-refractivity contribution in [3.8, 4) is 0 Å². The number of benzene rings is 3. The average Bonchev–Trinajstić information content (AvgIpc) is 2.84. The number of hydrogen-bond donors (Lipinski definition) is 0. The van der Waals surface area contributed by atoms with E-state index in [2.05, 4.69) is 177 Å². The van der Waals surface area contributed by atoms with Crippen LogP contribution in [-0.2, 0) is 0 Å². The Labute approximate surface area is 235 Å². The van der Waals surface area contributed by atoms with Crippen LogP contribution in [0.5, 0.6) is 0 Å². The van der Waals surface area contributed by atoms with Crippen LogP contribution in [0, 0.1) is 0 Å². The summed E-state index contributed by atoms with van der Waals surface area (Å²) in [7, 11) is -2.81. The summed E-state index contributed by atoms with van der Waals surface area (Å²) in [5.74, 6) is 0. The van der Waals surface area contributed by atoms with Crippen molar-refractivity contribution in [1.29, 1.82) is 0 Å². The van der Waals surface area contributed by atoms with E-state index in [-0.39, 0.29) is 0 Å². The molecule has 3 aromatic carbocycles. The van der Waals surface area contributed by atoms with Gasteiger partial charge in [0.05, 0.1) is 0 Å². The van der Waals surface area contributed by atoms with Gasteiger partial charge in [0.15, 0.2) is 0 Å². The Morgan fingerprint density at radius 1 is 0.553 bits per heavy atom. The first-order valence-corrected chi connectivity index (χ1v) is 27.8. The molecule has 4 rings (SSSR count). The molecule has 9 heteroatoms. The van der Waals surface area contributed by atoms with Crippen LogP contribution in [0.2, 0.25) is 58.9 Å². The molecule has 4 nitrogen and oxygen atoms in total. The first kappa shape index (κ1) is 29.8. The van der Waals surface area contributed by atoms with Gasteiger partial charge in [0, 0.05) is 0 Å². The molecule has 0 amide bonds. The first-order chi connectivity index (χ1) is 17.5. The second-order valence-corrected chi connectivity index (χ2v) is 37.5. The van der Waals surface area contributed by atoms with E-state index in [0.29, 0.717) is 0 Å². The third-order valence-electron chi connectivity index (χ3n) is 7.61. The van der Waals surface area contributed by atoms with Gasteiger partial charge in [-0.15, -0.1) is 0 Å². The molecule has 0 spiro atoms. The standard InChI is InChI=1S/C29H48N4P2Si3/c1-31-34(30-36(3,4)5,33(37(6,7)8)38(9,10)11)32(2)35(31,27-21-15-12-16-22-27,28-23-17-13-18-24-28)29-25-19-14-20-26-29/h12-26H,1-11H3. The Morgan fingerprint density at radius 3 is 1.08 bits per heavy atom. The van der Waals surface area contributed by atoms with Crippen molar-refractivity contribution in [1.82, 2.24) is 12.9 Å². The average molecular weight is 599 g/mol. The summed E-state index contributed by atoms with van der Waals surface area (Å²) in [6.45, 7) is 19.2. The van der Waals surface area contributed by atoms with Crippen LogP contribution in [0.4, 0.5) is 0 Å². The third-order valence-corrected chi connectivity index (χ3v) is 34.6. The van der Waals surface area contributed by atoms with Crippen molar-refractivity contribution in [2.75, 3.05) is 14.1 Å². The number of hydrogen-bond acceptors (Lipinski definition) is 1. The molecule has 0 bridgehead atoms. The second-order valence-electron chi connectivity index (χ2n) is 13.5. The van der Waals surface area contributed by atoms with Gasteiger partial charge in [0.2, 0.25) is 0 Å². The summed E-state index contributed by atoms with van der Waals surface area (Å²) in [5, 5.41) is 4.19. The predicted molar refractivity (Wildman–Crippen MR) is 182 cm³/mol. The van der Waals surface area contributed by atoms with E-state index in [1.54, 1.807) is 0 Å². The maximum absolute atomic E-state index is 6.09. The fourth-order valence-electron chi connectivity index (χ4n) is 7.04. The van der Waals surface area contributed by atoms with Gasteiger partial charge < -0.3 is 0 Å². The molecule has 1 saturated heterocycles. The number of nitrogens with zero attached hydrogens (tertiary/aromatic N) is 4. The summed E-state index contributed by atoms with van der Waals surface area (Å²) < 4.78 is 14.9. The van der Waals surface area contributed by atoms with Crippen molar-refractivity contribution in [2.24, 2.45) is 4.41 Å². The summed E-state index contributed by atoms with van der Waals surface area (Å²) in [4.78, 5) is 0. The van der Waals surface area contributed by atoms with Crippen molar-refractivity contribution in [3.63, 3.8) is 0 Å². The van der Waals surface area contributed by atoms with E-state index in [4.69, 9.17) is 4.41 Å². The first-order valence-electron chi connectivity index (χ1n) is 13.7. The Balaban J connectivity index is 2.29. The minimum atomic E-state index is -3.27. The van der Waals surface area contributed by atoms with Gasteiger partial charge in [-0.25, -0.2) is 0 Å². The molecule has 0 aliphatic carbocycles. The summed E-state index contributed by atoms with van der Waals surface area (Å²) in [6.07, 6.45) is 0. The Morgan fingerprint density at radius 2 is 0.842 bits per heavy atom. The van der Waals surface area contributed by atoms with Gasteiger partial charge in [-0.1, -0.05) is 0 Å². The second kappa shape index (κ2) is 9.74. The van der Waals surface area contributed by atoms with Gasteiger partial charge in [0.1, 0.15) is 0 Å². The third kappa shape index (κ3) is 4.09. The van der Waals surface area contributed by atoms with Crippen LogP contribution in [0.3, 0.4) is 0 Å². The van der Waals surface area contributed by atoms with Crippen molar-refractivity contribution < 1.29 is 0 Å². The molecule has 0 unspecified atom stereocenters. The zero-order valence-electron chi connectivity index (χ0n) is 25.3. The van der Waals surface area contributed by atoms with Gasteiger partial charge in [-0.3, -0.25) is 0 Å². The van der Waals surface area contributed by atoms with E-state index in [1.807, 2.05) is 0 Å². The van der Waals surface area contributed by atoms with E-state index in [0.717, 1.165) is 0 Å². The quantitative estimate of drug-likeness (QED) is 0.203. The van der Waals surface area contributed by atoms with Crippen LogP contribution >= 0.6 is 14.4 Å². The molecule has 1 aliphatic rings. The molecule has 0 saturated carbocycles. The van der Waals surface area contributed by atoms with Gasteiger partial charge in [-0.2, -0.15) is 0 Å². The molecular formula is C29H48N4P2Si3. The molecule has 38 heavy (non-hydrogen) atoms. The van der Waals surface area contributed by atoms with Crippen LogP contribution < -0.4 is 15.9 Å². The molecule has 3 aromatic rings. The fraction of sp³-hybridized carbons (Fsp3) is 0.379. The zero-order valence-corrected chi connectivity index (χ0v) is 30.1. The monoisotopic (exact) mass is 598 g/mol. The SMILES string of the molecule is CN1P(=N[Si](C)(C)C)(N([Si](C)(C)C)[Si](C)(C)C)N(C)P1(c1ccccc1)(c1ccccc1)c1ccccc1. The summed E-state index contributed by atoms with van der Waals surface area (Å²) in [6, 6.07) is 34.0. The van der Waals surface area contributed by atoms with E-state index >= 15 is 0 Å². The van der Waals surface area contributed by atoms with Gasteiger partial charge >= 0.3 is 236 Å². The topological polar surface area (TPSA) is 22.1 Å². The molecule has 0 radical (unpaired) electrons. The van der Waals surface area contributed by atoms with Crippen molar-refractivity contribution in [3.05, 3.63) is 91.0 Å². The van der Waals surface area contributed by atoms with Gasteiger partial charge in [0.25, 0.3) is 0 Å². The van der Waals surface area contributed by atoms with E-state index < -0.39 is 39.1 Å². The fourth-order valence-corrected chi connectivity index (χ4v) is 43.6. The van der Waals surface area contributed by atoms with Crippen LogP contribution in [0.15, 0.2) is 95.4 Å². The van der Waals surface area contributed by atoms with Crippen LogP contribution in [-0.4, -0.2) is 51.7 Å². The molecule has 1 heterocycles. The minimum absolute atomic E-state index is 1.40. The van der Waals surface area contributed by atoms with Crippen molar-refractivity contribution >= 4 is 55.0 Å². The van der Waals surface area contributed by atoms with E-state index in [1.165, 1.54) is 15.9 Å². The Hall–Kier alpha value is -1.15. The molecule has 0 N–H and O–H groups in total. The molecule has 1 aliphatic heterocycles.